The third-order valence-corrected chi connectivity index (χ3v) is 3.29. The highest BCUT2D eigenvalue weighted by Gasteiger charge is 2.16. The van der Waals surface area contributed by atoms with Crippen LogP contribution < -0.4 is 5.32 Å². The Bertz CT molecular complexity index is 166. The summed E-state index contributed by atoms with van der Waals surface area (Å²) in [5.74, 6) is 1.63. The van der Waals surface area contributed by atoms with E-state index in [1.165, 1.54) is 39.0 Å². The monoisotopic (exact) mass is 212 g/mol. The van der Waals surface area contributed by atoms with Crippen molar-refractivity contribution in [1.29, 1.82) is 0 Å². The van der Waals surface area contributed by atoms with Gasteiger partial charge in [-0.3, -0.25) is 0 Å². The Balaban J connectivity index is 2.33. The van der Waals surface area contributed by atoms with Crippen molar-refractivity contribution in [2.75, 3.05) is 26.2 Å². The zero-order chi connectivity index (χ0) is 11.3. The predicted octanol–water partition coefficient (Wildman–Crippen LogP) is 2.35. The van der Waals surface area contributed by atoms with Crippen LogP contribution in [0.15, 0.2) is 0 Å². The molecular weight excluding hydrogens is 184 g/mol. The molecule has 1 fully saturated rings. The minimum absolute atomic E-state index is 0.689. The first-order valence-electron chi connectivity index (χ1n) is 6.53. The second-order valence-corrected chi connectivity index (χ2v) is 5.69. The molecule has 2 nitrogen and oxygen atoms in total. The SMILES string of the molecule is CC(C)CCN1CCC(C)NCC(C)C1. The average Bonchev–Trinajstić information content (AvgIpc) is 2.16. The van der Waals surface area contributed by atoms with Gasteiger partial charge in [0.15, 0.2) is 0 Å². The zero-order valence-electron chi connectivity index (χ0n) is 10.9. The van der Waals surface area contributed by atoms with E-state index in [2.05, 4.69) is 37.9 Å². The normalized spacial score (nSPS) is 30.2. The lowest BCUT2D eigenvalue weighted by atomic mass is 10.1. The highest BCUT2D eigenvalue weighted by Crippen LogP contribution is 2.09. The molecule has 0 aromatic rings. The molecule has 0 amide bonds. The van der Waals surface area contributed by atoms with E-state index in [9.17, 15) is 0 Å². The van der Waals surface area contributed by atoms with Gasteiger partial charge in [-0.2, -0.15) is 0 Å². The maximum atomic E-state index is 3.59. The molecule has 1 aliphatic heterocycles. The van der Waals surface area contributed by atoms with Crippen molar-refractivity contribution in [1.82, 2.24) is 10.2 Å². The highest BCUT2D eigenvalue weighted by atomic mass is 15.1. The summed E-state index contributed by atoms with van der Waals surface area (Å²) in [5, 5.41) is 3.59. The zero-order valence-corrected chi connectivity index (χ0v) is 10.9. The molecular formula is C13H28N2. The summed E-state index contributed by atoms with van der Waals surface area (Å²) in [4.78, 5) is 2.65. The standard InChI is InChI=1S/C13H28N2/c1-11(2)5-7-15-8-6-13(4)14-9-12(3)10-15/h11-14H,5-10H2,1-4H3. The number of rotatable bonds is 3. The molecule has 1 heterocycles. The van der Waals surface area contributed by atoms with E-state index >= 15 is 0 Å². The molecule has 1 rings (SSSR count). The maximum absolute atomic E-state index is 3.59. The van der Waals surface area contributed by atoms with Gasteiger partial charge in [-0.15, -0.1) is 0 Å². The predicted molar refractivity (Wildman–Crippen MR) is 67.1 cm³/mol. The van der Waals surface area contributed by atoms with Gasteiger partial charge in [-0.05, 0) is 51.2 Å². The van der Waals surface area contributed by atoms with E-state index in [0.29, 0.717) is 6.04 Å². The number of hydrogen-bond acceptors (Lipinski definition) is 2. The second kappa shape index (κ2) is 6.49. The van der Waals surface area contributed by atoms with Crippen LogP contribution in [-0.4, -0.2) is 37.1 Å². The fourth-order valence-corrected chi connectivity index (χ4v) is 2.12. The molecule has 1 aliphatic rings. The van der Waals surface area contributed by atoms with Crippen LogP contribution in [0.5, 0.6) is 0 Å². The summed E-state index contributed by atoms with van der Waals surface area (Å²) in [7, 11) is 0. The molecule has 0 saturated carbocycles. The fourth-order valence-electron chi connectivity index (χ4n) is 2.12. The summed E-state index contributed by atoms with van der Waals surface area (Å²) in [6.07, 6.45) is 2.64. The van der Waals surface area contributed by atoms with E-state index in [1.807, 2.05) is 0 Å². The van der Waals surface area contributed by atoms with Crippen LogP contribution in [0.3, 0.4) is 0 Å². The largest absolute Gasteiger partial charge is 0.314 e. The lowest BCUT2D eigenvalue weighted by molar-refractivity contribution is 0.193. The molecule has 1 saturated heterocycles. The summed E-state index contributed by atoms with van der Waals surface area (Å²) in [5.41, 5.74) is 0. The quantitative estimate of drug-likeness (QED) is 0.772. The molecule has 2 unspecified atom stereocenters. The third-order valence-electron chi connectivity index (χ3n) is 3.29. The van der Waals surface area contributed by atoms with Crippen LogP contribution in [0.1, 0.15) is 40.5 Å². The molecule has 0 spiro atoms. The van der Waals surface area contributed by atoms with Gasteiger partial charge in [0.1, 0.15) is 0 Å². The lowest BCUT2D eigenvalue weighted by Gasteiger charge is -2.31. The first kappa shape index (κ1) is 13.0. The van der Waals surface area contributed by atoms with Gasteiger partial charge < -0.3 is 10.2 Å². The van der Waals surface area contributed by atoms with Gasteiger partial charge in [0.25, 0.3) is 0 Å². The summed E-state index contributed by atoms with van der Waals surface area (Å²) in [6, 6.07) is 0.689. The minimum Gasteiger partial charge on any atom is -0.314 e. The molecule has 1 N–H and O–H groups in total. The van der Waals surface area contributed by atoms with E-state index in [1.54, 1.807) is 0 Å². The van der Waals surface area contributed by atoms with E-state index in [4.69, 9.17) is 0 Å². The van der Waals surface area contributed by atoms with Crippen LogP contribution in [0.4, 0.5) is 0 Å². The first-order chi connectivity index (χ1) is 7.08. The van der Waals surface area contributed by atoms with Crippen molar-refractivity contribution in [2.45, 2.75) is 46.6 Å². The van der Waals surface area contributed by atoms with Crippen molar-refractivity contribution in [2.24, 2.45) is 11.8 Å². The van der Waals surface area contributed by atoms with Crippen LogP contribution in [0.25, 0.3) is 0 Å². The van der Waals surface area contributed by atoms with Crippen molar-refractivity contribution < 1.29 is 0 Å². The number of nitrogens with zero attached hydrogens (tertiary/aromatic N) is 1. The first-order valence-corrected chi connectivity index (χ1v) is 6.53. The van der Waals surface area contributed by atoms with E-state index in [0.717, 1.165) is 11.8 Å². The minimum atomic E-state index is 0.689. The number of nitrogens with one attached hydrogen (secondary N) is 1. The third kappa shape index (κ3) is 5.53. The van der Waals surface area contributed by atoms with Gasteiger partial charge in [-0.25, -0.2) is 0 Å². The van der Waals surface area contributed by atoms with Gasteiger partial charge in [-0.1, -0.05) is 20.8 Å². The topological polar surface area (TPSA) is 15.3 Å². The Kier molecular flexibility index (Phi) is 5.62. The van der Waals surface area contributed by atoms with Crippen molar-refractivity contribution >= 4 is 0 Å². The molecule has 0 aliphatic carbocycles. The molecule has 0 bridgehead atoms. The van der Waals surface area contributed by atoms with Gasteiger partial charge in [0.05, 0.1) is 0 Å². The Morgan fingerprint density at radius 3 is 2.73 bits per heavy atom. The molecule has 0 radical (unpaired) electrons. The molecule has 2 heteroatoms. The Morgan fingerprint density at radius 2 is 2.07 bits per heavy atom. The van der Waals surface area contributed by atoms with Crippen LogP contribution in [0, 0.1) is 11.8 Å². The number of hydrogen-bond donors (Lipinski definition) is 1. The molecule has 90 valence electrons. The van der Waals surface area contributed by atoms with Crippen molar-refractivity contribution in [3.63, 3.8) is 0 Å². The summed E-state index contributed by atoms with van der Waals surface area (Å²) >= 11 is 0. The Hall–Kier alpha value is -0.0800. The van der Waals surface area contributed by atoms with Crippen LogP contribution in [-0.2, 0) is 0 Å². The summed E-state index contributed by atoms with van der Waals surface area (Å²) < 4.78 is 0. The van der Waals surface area contributed by atoms with Gasteiger partial charge >= 0.3 is 0 Å². The Morgan fingerprint density at radius 1 is 1.33 bits per heavy atom. The van der Waals surface area contributed by atoms with Gasteiger partial charge in [0.2, 0.25) is 0 Å². The average molecular weight is 212 g/mol. The molecule has 15 heavy (non-hydrogen) atoms. The molecule has 2 atom stereocenters. The Labute approximate surface area is 95.4 Å². The van der Waals surface area contributed by atoms with Crippen LogP contribution >= 0.6 is 0 Å². The highest BCUT2D eigenvalue weighted by molar-refractivity contribution is 4.73. The fraction of sp³-hybridized carbons (Fsp3) is 1.00. The van der Waals surface area contributed by atoms with Crippen molar-refractivity contribution in [3.8, 4) is 0 Å². The lowest BCUT2D eigenvalue weighted by Crippen LogP contribution is -2.42. The molecule has 0 aromatic heterocycles. The van der Waals surface area contributed by atoms with E-state index < -0.39 is 0 Å². The maximum Gasteiger partial charge on any atom is 0.00510 e. The van der Waals surface area contributed by atoms with Crippen LogP contribution in [0.2, 0.25) is 0 Å². The smallest absolute Gasteiger partial charge is 0.00510 e. The van der Waals surface area contributed by atoms with Crippen molar-refractivity contribution in [3.05, 3.63) is 0 Å². The van der Waals surface area contributed by atoms with Gasteiger partial charge in [0, 0.05) is 12.6 Å². The van der Waals surface area contributed by atoms with E-state index in [-0.39, 0.29) is 0 Å². The second-order valence-electron chi connectivity index (χ2n) is 5.69. The summed E-state index contributed by atoms with van der Waals surface area (Å²) in [6.45, 7) is 14.3. The molecule has 0 aromatic carbocycles.